The van der Waals surface area contributed by atoms with E-state index in [-0.39, 0.29) is 5.41 Å². The molecule has 1 heterocycles. The van der Waals surface area contributed by atoms with Crippen molar-refractivity contribution in [3.05, 3.63) is 40.5 Å². The van der Waals surface area contributed by atoms with E-state index in [0.29, 0.717) is 5.92 Å². The number of halogens is 1. The Labute approximate surface area is 126 Å². The minimum Gasteiger partial charge on any atom is -0.252 e. The predicted molar refractivity (Wildman–Crippen MR) is 86.7 cm³/mol. The number of para-hydroxylation sites is 1. The lowest BCUT2D eigenvalue weighted by atomic mass is 9.85. The lowest BCUT2D eigenvalue weighted by molar-refractivity contribution is 0.594. The van der Waals surface area contributed by atoms with Crippen LogP contribution in [0.5, 0.6) is 0 Å². The lowest BCUT2D eigenvalue weighted by Crippen LogP contribution is -2.13. The second-order valence-electron chi connectivity index (χ2n) is 6.96. The molecule has 1 aliphatic carbocycles. The van der Waals surface area contributed by atoms with Gasteiger partial charge in [-0.1, -0.05) is 63.4 Å². The van der Waals surface area contributed by atoms with Crippen molar-refractivity contribution in [1.29, 1.82) is 0 Å². The molecule has 2 aromatic rings. The number of pyridine rings is 1. The van der Waals surface area contributed by atoms with Gasteiger partial charge < -0.3 is 0 Å². The molecule has 1 saturated carbocycles. The quantitative estimate of drug-likeness (QED) is 0.642. The first-order valence-corrected chi connectivity index (χ1v) is 7.94. The number of aromatic nitrogens is 1. The maximum atomic E-state index is 6.52. The third kappa shape index (κ3) is 2.44. The number of hydrogen-bond donors (Lipinski definition) is 0. The Morgan fingerprint density at radius 2 is 1.85 bits per heavy atom. The highest BCUT2D eigenvalue weighted by Crippen LogP contribution is 2.38. The molecule has 1 nitrogen and oxygen atoms in total. The van der Waals surface area contributed by atoms with Gasteiger partial charge in [-0.3, -0.25) is 4.98 Å². The molecular formula is C18H22ClN. The maximum absolute atomic E-state index is 6.52. The average Bonchev–Trinajstić information content (AvgIpc) is 2.90. The molecule has 0 atom stereocenters. The van der Waals surface area contributed by atoms with Crippen molar-refractivity contribution in [3.8, 4) is 0 Å². The monoisotopic (exact) mass is 287 g/mol. The van der Waals surface area contributed by atoms with Crippen LogP contribution < -0.4 is 0 Å². The molecule has 106 valence electrons. The predicted octanol–water partition coefficient (Wildman–Crippen LogP) is 5.84. The minimum atomic E-state index is 0.0874. The van der Waals surface area contributed by atoms with Crippen molar-refractivity contribution in [2.45, 2.75) is 57.8 Å². The number of rotatable bonds is 1. The van der Waals surface area contributed by atoms with E-state index in [1.54, 1.807) is 0 Å². The van der Waals surface area contributed by atoms with E-state index in [0.717, 1.165) is 15.9 Å². The molecule has 0 radical (unpaired) electrons. The summed E-state index contributed by atoms with van der Waals surface area (Å²) in [5, 5.41) is 1.93. The number of fused-ring (bicyclic) bond motifs is 1. The Balaban J connectivity index is 2.22. The third-order valence-corrected chi connectivity index (χ3v) is 4.70. The Morgan fingerprint density at radius 1 is 1.15 bits per heavy atom. The zero-order chi connectivity index (χ0) is 14.3. The topological polar surface area (TPSA) is 12.9 Å². The van der Waals surface area contributed by atoms with Gasteiger partial charge in [-0.15, -0.1) is 0 Å². The van der Waals surface area contributed by atoms with Crippen LogP contribution in [0.3, 0.4) is 0 Å². The Bertz CT molecular complexity index is 634. The third-order valence-electron chi connectivity index (χ3n) is 4.39. The molecule has 1 aliphatic rings. The fourth-order valence-corrected chi connectivity index (χ4v) is 3.53. The summed E-state index contributed by atoms with van der Waals surface area (Å²) in [6.07, 6.45) is 5.16. The van der Waals surface area contributed by atoms with Crippen molar-refractivity contribution in [2.24, 2.45) is 0 Å². The number of hydrogen-bond acceptors (Lipinski definition) is 1. The van der Waals surface area contributed by atoms with Crippen LogP contribution >= 0.6 is 11.6 Å². The van der Waals surface area contributed by atoms with E-state index in [1.807, 2.05) is 0 Å². The Hall–Kier alpha value is -1.08. The molecule has 20 heavy (non-hydrogen) atoms. The summed E-state index contributed by atoms with van der Waals surface area (Å²) in [5.74, 6) is 0.602. The smallest absolute Gasteiger partial charge is 0.0757 e. The zero-order valence-corrected chi connectivity index (χ0v) is 13.3. The van der Waals surface area contributed by atoms with Crippen LogP contribution in [0.4, 0.5) is 0 Å². The maximum Gasteiger partial charge on any atom is 0.0757 e. The van der Waals surface area contributed by atoms with Crippen LogP contribution in [0.25, 0.3) is 10.9 Å². The number of nitrogens with zero attached hydrogens (tertiary/aromatic N) is 1. The molecule has 0 saturated heterocycles. The molecule has 0 bridgehead atoms. The van der Waals surface area contributed by atoms with E-state index in [2.05, 4.69) is 45.0 Å². The first-order valence-electron chi connectivity index (χ1n) is 7.56. The molecular weight excluding hydrogens is 266 g/mol. The van der Waals surface area contributed by atoms with Gasteiger partial charge in [0.1, 0.15) is 0 Å². The standard InChI is InChI=1S/C18H22ClN/c1-18(2,3)14-10-6-9-13-15(19)11-16(20-17(13)14)12-7-4-5-8-12/h6,9-12H,4-5,7-8H2,1-3H3. The molecule has 1 aromatic heterocycles. The highest BCUT2D eigenvalue weighted by atomic mass is 35.5. The van der Waals surface area contributed by atoms with Crippen LogP contribution in [-0.2, 0) is 5.41 Å². The van der Waals surface area contributed by atoms with Gasteiger partial charge in [0.15, 0.2) is 0 Å². The van der Waals surface area contributed by atoms with Crippen molar-refractivity contribution in [1.82, 2.24) is 4.98 Å². The molecule has 1 fully saturated rings. The first kappa shape index (κ1) is 13.9. The molecule has 0 aliphatic heterocycles. The zero-order valence-electron chi connectivity index (χ0n) is 12.5. The fraction of sp³-hybridized carbons (Fsp3) is 0.500. The van der Waals surface area contributed by atoms with E-state index >= 15 is 0 Å². The Morgan fingerprint density at radius 3 is 2.50 bits per heavy atom. The molecule has 3 rings (SSSR count). The highest BCUT2D eigenvalue weighted by Gasteiger charge is 2.22. The van der Waals surface area contributed by atoms with Gasteiger partial charge in [0, 0.05) is 17.0 Å². The summed E-state index contributed by atoms with van der Waals surface area (Å²) >= 11 is 6.52. The highest BCUT2D eigenvalue weighted by molar-refractivity contribution is 6.35. The number of benzene rings is 1. The molecule has 0 amide bonds. The van der Waals surface area contributed by atoms with Gasteiger partial charge in [0.25, 0.3) is 0 Å². The van der Waals surface area contributed by atoms with Gasteiger partial charge in [0.05, 0.1) is 10.5 Å². The van der Waals surface area contributed by atoms with Gasteiger partial charge in [-0.05, 0) is 29.9 Å². The van der Waals surface area contributed by atoms with Crippen LogP contribution in [0.2, 0.25) is 5.02 Å². The molecule has 0 N–H and O–H groups in total. The first-order chi connectivity index (χ1) is 9.47. The largest absolute Gasteiger partial charge is 0.252 e. The van der Waals surface area contributed by atoms with Crippen LogP contribution in [0, 0.1) is 0 Å². The summed E-state index contributed by atoms with van der Waals surface area (Å²) < 4.78 is 0. The van der Waals surface area contributed by atoms with E-state index in [9.17, 15) is 0 Å². The van der Waals surface area contributed by atoms with E-state index in [1.165, 1.54) is 36.9 Å². The molecule has 0 unspecified atom stereocenters. The summed E-state index contributed by atoms with van der Waals surface area (Å²) in [7, 11) is 0. The fourth-order valence-electron chi connectivity index (χ4n) is 3.26. The second kappa shape index (κ2) is 5.04. The SMILES string of the molecule is CC(C)(C)c1cccc2c(Cl)cc(C3CCCC3)nc12. The van der Waals surface area contributed by atoms with Crippen LogP contribution in [0.15, 0.2) is 24.3 Å². The molecule has 0 spiro atoms. The summed E-state index contributed by atoms with van der Waals surface area (Å²) in [5.41, 5.74) is 3.66. The summed E-state index contributed by atoms with van der Waals surface area (Å²) in [6.45, 7) is 6.71. The van der Waals surface area contributed by atoms with Gasteiger partial charge in [-0.25, -0.2) is 0 Å². The van der Waals surface area contributed by atoms with Gasteiger partial charge >= 0.3 is 0 Å². The van der Waals surface area contributed by atoms with Gasteiger partial charge in [0.2, 0.25) is 0 Å². The van der Waals surface area contributed by atoms with E-state index in [4.69, 9.17) is 16.6 Å². The lowest BCUT2D eigenvalue weighted by Gasteiger charge is -2.22. The Kier molecular flexibility index (Phi) is 3.50. The average molecular weight is 288 g/mol. The van der Waals surface area contributed by atoms with Crippen molar-refractivity contribution >= 4 is 22.5 Å². The van der Waals surface area contributed by atoms with Crippen LogP contribution in [-0.4, -0.2) is 4.98 Å². The van der Waals surface area contributed by atoms with E-state index < -0.39 is 0 Å². The molecule has 2 heteroatoms. The van der Waals surface area contributed by atoms with Crippen LogP contribution in [0.1, 0.15) is 63.6 Å². The van der Waals surface area contributed by atoms with Gasteiger partial charge in [-0.2, -0.15) is 0 Å². The molecule has 1 aromatic carbocycles. The van der Waals surface area contributed by atoms with Crippen molar-refractivity contribution in [2.75, 3.05) is 0 Å². The minimum absolute atomic E-state index is 0.0874. The van der Waals surface area contributed by atoms with Crippen molar-refractivity contribution in [3.63, 3.8) is 0 Å². The van der Waals surface area contributed by atoms with Crippen molar-refractivity contribution < 1.29 is 0 Å². The summed E-state index contributed by atoms with van der Waals surface area (Å²) in [6, 6.07) is 8.44. The normalized spacial score (nSPS) is 17.0. The summed E-state index contributed by atoms with van der Waals surface area (Å²) in [4.78, 5) is 5.00. The second-order valence-corrected chi connectivity index (χ2v) is 7.37.